The fraction of sp³-hybridized carbons (Fsp3) is 0.476. The highest BCUT2D eigenvalue weighted by molar-refractivity contribution is 5.85. The van der Waals surface area contributed by atoms with Gasteiger partial charge in [-0.05, 0) is 69.0 Å². The van der Waals surface area contributed by atoms with Gasteiger partial charge in [-0.2, -0.15) is 5.10 Å². The Kier molecular flexibility index (Phi) is 4.27. The summed E-state index contributed by atoms with van der Waals surface area (Å²) in [4.78, 5) is 0. The molecule has 0 bridgehead atoms. The van der Waals surface area contributed by atoms with Crippen LogP contribution in [0.15, 0.2) is 42.7 Å². The van der Waals surface area contributed by atoms with Crippen LogP contribution >= 0.6 is 0 Å². The van der Waals surface area contributed by atoms with E-state index in [-0.39, 0.29) is 6.23 Å². The van der Waals surface area contributed by atoms with E-state index in [1.807, 2.05) is 10.9 Å². The molecule has 0 radical (unpaired) electrons. The van der Waals surface area contributed by atoms with Crippen LogP contribution in [0.5, 0.6) is 0 Å². The minimum Gasteiger partial charge on any atom is -0.357 e. The van der Waals surface area contributed by atoms with Gasteiger partial charge < -0.3 is 14.6 Å². The summed E-state index contributed by atoms with van der Waals surface area (Å²) in [5.74, 6) is 0.747. The van der Waals surface area contributed by atoms with Crippen molar-refractivity contribution >= 4 is 10.9 Å². The van der Waals surface area contributed by atoms with Gasteiger partial charge in [0, 0.05) is 42.0 Å². The van der Waals surface area contributed by atoms with Crippen molar-refractivity contribution in [3.63, 3.8) is 0 Å². The molecule has 2 aromatic heterocycles. The van der Waals surface area contributed by atoms with Gasteiger partial charge in [-0.3, -0.25) is 0 Å². The van der Waals surface area contributed by atoms with Crippen LogP contribution in [-0.2, 0) is 11.3 Å². The normalized spacial score (nSPS) is 23.7. The number of benzene rings is 1. The van der Waals surface area contributed by atoms with E-state index < -0.39 is 0 Å². The van der Waals surface area contributed by atoms with Crippen molar-refractivity contribution in [3.05, 3.63) is 42.7 Å². The van der Waals surface area contributed by atoms with Gasteiger partial charge in [-0.1, -0.05) is 6.07 Å². The molecule has 2 aliphatic heterocycles. The Morgan fingerprint density at radius 2 is 2.12 bits per heavy atom. The number of fused-ring (bicyclic) bond motifs is 1. The van der Waals surface area contributed by atoms with E-state index in [1.54, 1.807) is 0 Å². The summed E-state index contributed by atoms with van der Waals surface area (Å²) < 4.78 is 10.2. The molecule has 136 valence electrons. The number of nitrogens with zero attached hydrogens (tertiary/aromatic N) is 3. The first kappa shape index (κ1) is 16.1. The van der Waals surface area contributed by atoms with Crippen LogP contribution in [0.1, 0.15) is 31.9 Å². The van der Waals surface area contributed by atoms with Gasteiger partial charge in [0.05, 0.1) is 5.69 Å². The standard InChI is InChI=1S/C21H26N4O/c1-2-12-26-21(3-1)25-11-8-19(23-25)17-4-5-20-18(13-17)7-10-24(20)15-16-6-9-22-14-16/h4-5,7-8,10-11,13,16,21-22H,1-3,6,9,12,14-15H2. The predicted octanol–water partition coefficient (Wildman–Crippen LogP) is 3.81. The number of aromatic nitrogens is 3. The zero-order chi connectivity index (χ0) is 17.3. The van der Waals surface area contributed by atoms with E-state index in [2.05, 4.69) is 46.4 Å². The molecule has 2 aliphatic rings. The summed E-state index contributed by atoms with van der Waals surface area (Å²) in [6.45, 7) is 4.24. The fourth-order valence-electron chi connectivity index (χ4n) is 4.25. The minimum atomic E-state index is 0.0994. The van der Waals surface area contributed by atoms with Gasteiger partial charge in [-0.25, -0.2) is 4.68 Å². The highest BCUT2D eigenvalue weighted by Crippen LogP contribution is 2.27. The van der Waals surface area contributed by atoms with Crippen LogP contribution in [0.2, 0.25) is 0 Å². The lowest BCUT2D eigenvalue weighted by Gasteiger charge is -2.22. The second-order valence-electron chi connectivity index (χ2n) is 7.60. The molecule has 0 spiro atoms. The smallest absolute Gasteiger partial charge is 0.150 e. The first-order chi connectivity index (χ1) is 12.9. The fourth-order valence-corrected chi connectivity index (χ4v) is 4.25. The maximum atomic E-state index is 5.84. The zero-order valence-electron chi connectivity index (χ0n) is 15.1. The third-order valence-corrected chi connectivity index (χ3v) is 5.74. The van der Waals surface area contributed by atoms with Crippen molar-refractivity contribution in [2.45, 2.75) is 38.5 Å². The van der Waals surface area contributed by atoms with Crippen molar-refractivity contribution < 1.29 is 4.74 Å². The summed E-state index contributed by atoms with van der Waals surface area (Å²) in [5, 5.41) is 9.52. The highest BCUT2D eigenvalue weighted by atomic mass is 16.5. The lowest BCUT2D eigenvalue weighted by molar-refractivity contribution is -0.0393. The Bertz CT molecular complexity index is 884. The molecule has 0 aliphatic carbocycles. The predicted molar refractivity (Wildman–Crippen MR) is 103 cm³/mol. The molecule has 4 heterocycles. The molecular weight excluding hydrogens is 324 g/mol. The molecule has 1 aromatic carbocycles. The number of nitrogens with one attached hydrogen (secondary N) is 1. The maximum absolute atomic E-state index is 5.84. The molecule has 26 heavy (non-hydrogen) atoms. The van der Waals surface area contributed by atoms with Gasteiger partial charge in [0.25, 0.3) is 0 Å². The Hall–Kier alpha value is -2.11. The number of rotatable bonds is 4. The largest absolute Gasteiger partial charge is 0.357 e. The van der Waals surface area contributed by atoms with Crippen molar-refractivity contribution in [1.29, 1.82) is 0 Å². The maximum Gasteiger partial charge on any atom is 0.150 e. The van der Waals surface area contributed by atoms with E-state index in [4.69, 9.17) is 9.84 Å². The second kappa shape index (κ2) is 6.89. The zero-order valence-corrected chi connectivity index (χ0v) is 15.1. The van der Waals surface area contributed by atoms with Crippen molar-refractivity contribution in [2.75, 3.05) is 19.7 Å². The molecule has 2 atom stereocenters. The average molecular weight is 350 g/mol. The topological polar surface area (TPSA) is 44.0 Å². The van der Waals surface area contributed by atoms with E-state index in [0.717, 1.165) is 50.7 Å². The van der Waals surface area contributed by atoms with Crippen LogP contribution in [0.25, 0.3) is 22.2 Å². The molecule has 1 N–H and O–H groups in total. The Morgan fingerprint density at radius 1 is 1.12 bits per heavy atom. The Labute approximate surface area is 153 Å². The quantitative estimate of drug-likeness (QED) is 0.778. The number of ether oxygens (including phenoxy) is 1. The van der Waals surface area contributed by atoms with Gasteiger partial charge >= 0.3 is 0 Å². The first-order valence-electron chi connectivity index (χ1n) is 9.83. The summed E-state index contributed by atoms with van der Waals surface area (Å²) in [6, 6.07) is 11.0. The summed E-state index contributed by atoms with van der Waals surface area (Å²) >= 11 is 0. The third-order valence-electron chi connectivity index (χ3n) is 5.74. The molecule has 0 amide bonds. The molecule has 3 aromatic rings. The second-order valence-corrected chi connectivity index (χ2v) is 7.60. The van der Waals surface area contributed by atoms with Crippen LogP contribution in [0, 0.1) is 5.92 Å². The van der Waals surface area contributed by atoms with Crippen LogP contribution in [0.3, 0.4) is 0 Å². The Balaban J connectivity index is 1.38. The molecule has 2 fully saturated rings. The van der Waals surface area contributed by atoms with Gasteiger partial charge in [-0.15, -0.1) is 0 Å². The van der Waals surface area contributed by atoms with Crippen molar-refractivity contribution in [1.82, 2.24) is 19.7 Å². The Morgan fingerprint density at radius 3 is 2.96 bits per heavy atom. The molecule has 5 rings (SSSR count). The van der Waals surface area contributed by atoms with E-state index in [1.165, 1.54) is 29.3 Å². The van der Waals surface area contributed by atoms with Crippen LogP contribution in [0.4, 0.5) is 0 Å². The number of hydrogen-bond acceptors (Lipinski definition) is 3. The minimum absolute atomic E-state index is 0.0994. The van der Waals surface area contributed by atoms with Crippen molar-refractivity contribution in [2.24, 2.45) is 5.92 Å². The third kappa shape index (κ3) is 3.06. The molecule has 2 saturated heterocycles. The lowest BCUT2D eigenvalue weighted by atomic mass is 10.1. The molecule has 2 unspecified atom stereocenters. The SMILES string of the molecule is c1cc2c(ccn2CC2CCNC2)cc1-c1ccn(C2CCCCO2)n1. The lowest BCUT2D eigenvalue weighted by Crippen LogP contribution is -2.18. The average Bonchev–Trinajstić information content (AvgIpc) is 3.44. The van der Waals surface area contributed by atoms with E-state index >= 15 is 0 Å². The summed E-state index contributed by atoms with van der Waals surface area (Å²) in [6.07, 6.45) is 9.08. The van der Waals surface area contributed by atoms with E-state index in [0.29, 0.717) is 0 Å². The summed E-state index contributed by atoms with van der Waals surface area (Å²) in [5.41, 5.74) is 3.51. The van der Waals surface area contributed by atoms with Gasteiger partial charge in [0.2, 0.25) is 0 Å². The van der Waals surface area contributed by atoms with Gasteiger partial charge in [0.1, 0.15) is 6.23 Å². The molecule has 5 nitrogen and oxygen atoms in total. The first-order valence-corrected chi connectivity index (χ1v) is 9.83. The molecular formula is C21H26N4O. The van der Waals surface area contributed by atoms with Crippen LogP contribution in [-0.4, -0.2) is 34.0 Å². The number of hydrogen-bond donors (Lipinski definition) is 1. The van der Waals surface area contributed by atoms with Crippen LogP contribution < -0.4 is 5.32 Å². The van der Waals surface area contributed by atoms with E-state index in [9.17, 15) is 0 Å². The monoisotopic (exact) mass is 350 g/mol. The van der Waals surface area contributed by atoms with Gasteiger partial charge in [0.15, 0.2) is 0 Å². The molecule has 5 heteroatoms. The highest BCUT2D eigenvalue weighted by Gasteiger charge is 2.18. The summed E-state index contributed by atoms with van der Waals surface area (Å²) in [7, 11) is 0. The molecule has 0 saturated carbocycles. The van der Waals surface area contributed by atoms with Crippen molar-refractivity contribution in [3.8, 4) is 11.3 Å².